The molecule has 1 amide bonds. The van der Waals surface area contributed by atoms with E-state index in [1.54, 1.807) is 11.3 Å². The van der Waals surface area contributed by atoms with Crippen LogP contribution in [0.15, 0.2) is 24.3 Å². The number of nitrogens with two attached hydrogens (primary N) is 1. The zero-order chi connectivity index (χ0) is 16.4. The molecule has 1 fully saturated rings. The Hall–Kier alpha value is -1.81. The van der Waals surface area contributed by atoms with Crippen molar-refractivity contribution in [2.45, 2.75) is 52.0 Å². The van der Waals surface area contributed by atoms with E-state index in [0.717, 1.165) is 30.4 Å². The summed E-state index contributed by atoms with van der Waals surface area (Å²) >= 11 is 1.54. The summed E-state index contributed by atoms with van der Waals surface area (Å²) in [7, 11) is 0. The van der Waals surface area contributed by atoms with Gasteiger partial charge in [-0.05, 0) is 31.7 Å². The number of thiophene rings is 1. The fraction of sp³-hybridized carbons (Fsp3) is 0.421. The van der Waals surface area contributed by atoms with E-state index in [2.05, 4.69) is 43.4 Å². The summed E-state index contributed by atoms with van der Waals surface area (Å²) in [5.74, 6) is -0.0130. The monoisotopic (exact) mass is 328 g/mol. The highest BCUT2D eigenvalue weighted by Crippen LogP contribution is 2.39. The molecular formula is C19H24N2OS. The highest BCUT2D eigenvalue weighted by Gasteiger charge is 2.25. The van der Waals surface area contributed by atoms with Crippen molar-refractivity contribution in [3.8, 4) is 11.1 Å². The Morgan fingerprint density at radius 1 is 1.26 bits per heavy atom. The first-order chi connectivity index (χ1) is 11.1. The van der Waals surface area contributed by atoms with Crippen LogP contribution in [0, 0.1) is 6.92 Å². The van der Waals surface area contributed by atoms with Crippen molar-refractivity contribution in [2.24, 2.45) is 0 Å². The van der Waals surface area contributed by atoms with Gasteiger partial charge in [-0.1, -0.05) is 49.6 Å². The fourth-order valence-electron chi connectivity index (χ4n) is 3.33. The molecule has 122 valence electrons. The number of hydrogen-bond acceptors (Lipinski definition) is 3. The predicted octanol–water partition coefficient (Wildman–Crippen LogP) is 4.54. The van der Waals surface area contributed by atoms with Crippen molar-refractivity contribution in [3.63, 3.8) is 0 Å². The topological polar surface area (TPSA) is 55.1 Å². The highest BCUT2D eigenvalue weighted by atomic mass is 32.1. The number of nitrogen functional groups attached to an aromatic ring is 1. The average molecular weight is 328 g/mol. The second kappa shape index (κ2) is 6.75. The summed E-state index contributed by atoms with van der Waals surface area (Å²) in [5.41, 5.74) is 10.2. The Bertz CT molecular complexity index is 697. The van der Waals surface area contributed by atoms with Gasteiger partial charge < -0.3 is 11.1 Å². The first kappa shape index (κ1) is 16.1. The molecule has 0 unspecified atom stereocenters. The lowest BCUT2D eigenvalue weighted by Crippen LogP contribution is -2.33. The van der Waals surface area contributed by atoms with Crippen LogP contribution in [-0.2, 0) is 6.42 Å². The van der Waals surface area contributed by atoms with Crippen molar-refractivity contribution < 1.29 is 4.79 Å². The minimum atomic E-state index is -0.0130. The van der Waals surface area contributed by atoms with Gasteiger partial charge in [-0.3, -0.25) is 4.79 Å². The second-order valence-corrected chi connectivity index (χ2v) is 7.45. The van der Waals surface area contributed by atoms with E-state index in [4.69, 9.17) is 5.73 Å². The van der Waals surface area contributed by atoms with Crippen molar-refractivity contribution in [1.82, 2.24) is 5.32 Å². The molecule has 23 heavy (non-hydrogen) atoms. The van der Waals surface area contributed by atoms with E-state index < -0.39 is 0 Å². The molecule has 2 aromatic rings. The summed E-state index contributed by atoms with van der Waals surface area (Å²) in [4.78, 5) is 14.0. The van der Waals surface area contributed by atoms with Gasteiger partial charge in [0.1, 0.15) is 0 Å². The minimum Gasteiger partial charge on any atom is -0.390 e. The molecule has 3 rings (SSSR count). The summed E-state index contributed by atoms with van der Waals surface area (Å²) < 4.78 is 0. The largest absolute Gasteiger partial charge is 0.390 e. The third kappa shape index (κ3) is 3.27. The van der Waals surface area contributed by atoms with Crippen molar-refractivity contribution >= 4 is 22.2 Å². The van der Waals surface area contributed by atoms with Crippen LogP contribution < -0.4 is 11.1 Å². The van der Waals surface area contributed by atoms with Crippen molar-refractivity contribution in [2.75, 3.05) is 5.73 Å². The fourth-order valence-corrected chi connectivity index (χ4v) is 4.35. The molecule has 1 aromatic heterocycles. The van der Waals surface area contributed by atoms with Gasteiger partial charge in [-0.2, -0.15) is 0 Å². The third-order valence-electron chi connectivity index (χ3n) is 4.59. The number of rotatable bonds is 4. The number of benzene rings is 1. The Morgan fingerprint density at radius 3 is 2.52 bits per heavy atom. The molecule has 0 spiro atoms. The zero-order valence-electron chi connectivity index (χ0n) is 13.8. The molecule has 4 heteroatoms. The van der Waals surface area contributed by atoms with Gasteiger partial charge in [0.05, 0.1) is 10.6 Å². The van der Waals surface area contributed by atoms with Gasteiger partial charge in [0, 0.05) is 16.5 Å². The van der Waals surface area contributed by atoms with Crippen LogP contribution in [0.25, 0.3) is 11.1 Å². The van der Waals surface area contributed by atoms with E-state index in [1.165, 1.54) is 23.3 Å². The summed E-state index contributed by atoms with van der Waals surface area (Å²) in [6.45, 7) is 4.18. The van der Waals surface area contributed by atoms with E-state index in [0.29, 0.717) is 16.6 Å². The standard InChI is InChI=1S/C19H24N2OS/c1-3-15-16(13-10-8-12(2)9-11-13)17(18(20)23-15)19(22)21-14-6-4-5-7-14/h8-11,14H,3-7,20H2,1-2H3,(H,21,22). The van der Waals surface area contributed by atoms with Crippen LogP contribution in [0.1, 0.15) is 53.4 Å². The SMILES string of the molecule is CCc1sc(N)c(C(=O)NC2CCCC2)c1-c1ccc(C)cc1. The van der Waals surface area contributed by atoms with Gasteiger partial charge >= 0.3 is 0 Å². The first-order valence-electron chi connectivity index (χ1n) is 8.39. The summed E-state index contributed by atoms with van der Waals surface area (Å²) in [5, 5.41) is 3.82. The molecule has 0 saturated heterocycles. The zero-order valence-corrected chi connectivity index (χ0v) is 14.6. The van der Waals surface area contributed by atoms with Crippen LogP contribution in [-0.4, -0.2) is 11.9 Å². The molecule has 0 radical (unpaired) electrons. The average Bonchev–Trinajstić information content (AvgIpc) is 3.15. The summed E-state index contributed by atoms with van der Waals surface area (Å²) in [6, 6.07) is 8.64. The number of hydrogen-bond donors (Lipinski definition) is 2. The van der Waals surface area contributed by atoms with Crippen LogP contribution in [0.4, 0.5) is 5.00 Å². The number of carbonyl (C=O) groups excluding carboxylic acids is 1. The third-order valence-corrected chi connectivity index (χ3v) is 5.75. The van der Waals surface area contributed by atoms with Crippen LogP contribution in [0.5, 0.6) is 0 Å². The lowest BCUT2D eigenvalue weighted by atomic mass is 9.98. The predicted molar refractivity (Wildman–Crippen MR) is 98.0 cm³/mol. The van der Waals surface area contributed by atoms with Crippen molar-refractivity contribution in [3.05, 3.63) is 40.3 Å². The second-order valence-electron chi connectivity index (χ2n) is 6.31. The van der Waals surface area contributed by atoms with Crippen molar-refractivity contribution in [1.29, 1.82) is 0 Å². The molecular weight excluding hydrogens is 304 g/mol. The maximum absolute atomic E-state index is 12.8. The smallest absolute Gasteiger partial charge is 0.255 e. The van der Waals surface area contributed by atoms with Gasteiger partial charge in [-0.15, -0.1) is 11.3 Å². The Kier molecular flexibility index (Phi) is 4.71. The van der Waals surface area contributed by atoms with Gasteiger partial charge in [0.2, 0.25) is 0 Å². The van der Waals surface area contributed by atoms with Crippen LogP contribution in [0.2, 0.25) is 0 Å². The summed E-state index contributed by atoms with van der Waals surface area (Å²) in [6.07, 6.45) is 5.45. The van der Waals surface area contributed by atoms with Crippen LogP contribution in [0.3, 0.4) is 0 Å². The number of nitrogens with one attached hydrogen (secondary N) is 1. The Balaban J connectivity index is 1.99. The molecule has 0 atom stereocenters. The molecule has 3 N–H and O–H groups in total. The lowest BCUT2D eigenvalue weighted by molar-refractivity contribution is 0.0940. The quantitative estimate of drug-likeness (QED) is 0.865. The molecule has 1 heterocycles. The maximum Gasteiger partial charge on any atom is 0.255 e. The highest BCUT2D eigenvalue weighted by molar-refractivity contribution is 7.17. The van der Waals surface area contributed by atoms with Gasteiger partial charge in [0.25, 0.3) is 5.91 Å². The lowest BCUT2D eigenvalue weighted by Gasteiger charge is -2.14. The number of aryl methyl sites for hydroxylation is 2. The van der Waals surface area contributed by atoms with E-state index in [1.807, 2.05) is 0 Å². The van der Waals surface area contributed by atoms with E-state index in [9.17, 15) is 4.79 Å². The molecule has 1 aliphatic carbocycles. The molecule has 1 saturated carbocycles. The number of anilines is 1. The van der Waals surface area contributed by atoms with Gasteiger partial charge in [-0.25, -0.2) is 0 Å². The molecule has 1 aliphatic rings. The van der Waals surface area contributed by atoms with Crippen LogP contribution >= 0.6 is 11.3 Å². The molecule has 3 nitrogen and oxygen atoms in total. The van der Waals surface area contributed by atoms with E-state index in [-0.39, 0.29) is 5.91 Å². The minimum absolute atomic E-state index is 0.0130. The Morgan fingerprint density at radius 2 is 1.91 bits per heavy atom. The molecule has 0 aliphatic heterocycles. The Labute approximate surface area is 141 Å². The van der Waals surface area contributed by atoms with E-state index >= 15 is 0 Å². The normalized spacial score (nSPS) is 15.0. The maximum atomic E-state index is 12.8. The molecule has 0 bridgehead atoms. The molecule has 1 aromatic carbocycles. The number of carbonyl (C=O) groups is 1. The number of amides is 1. The first-order valence-corrected chi connectivity index (χ1v) is 9.20. The van der Waals surface area contributed by atoms with Gasteiger partial charge in [0.15, 0.2) is 0 Å².